The van der Waals surface area contributed by atoms with E-state index in [2.05, 4.69) is 10.3 Å². The molecule has 0 unspecified atom stereocenters. The molecule has 0 atom stereocenters. The van der Waals surface area contributed by atoms with E-state index < -0.39 is 9.84 Å². The predicted molar refractivity (Wildman–Crippen MR) is 94.4 cm³/mol. The fraction of sp³-hybridized carbons (Fsp3) is 0.0556. The molecule has 0 saturated heterocycles. The number of rotatable bonds is 2. The van der Waals surface area contributed by atoms with E-state index in [1.807, 2.05) is 36.5 Å². The highest BCUT2D eigenvalue weighted by Gasteiger charge is 2.25. The van der Waals surface area contributed by atoms with Gasteiger partial charge in [0.1, 0.15) is 0 Å². The Balaban J connectivity index is 1.85. The van der Waals surface area contributed by atoms with Gasteiger partial charge in [0, 0.05) is 40.1 Å². The molecule has 0 radical (unpaired) electrons. The minimum Gasteiger partial charge on any atom is -0.361 e. The zero-order valence-electron chi connectivity index (χ0n) is 12.8. The summed E-state index contributed by atoms with van der Waals surface area (Å²) < 4.78 is 23.3. The highest BCUT2D eigenvalue weighted by molar-refractivity contribution is 7.90. The number of nitrogens with one attached hydrogen (secondary N) is 2. The zero-order chi connectivity index (χ0) is 16.9. The maximum absolute atomic E-state index is 12.3. The Labute approximate surface area is 138 Å². The van der Waals surface area contributed by atoms with Crippen molar-refractivity contribution in [3.05, 3.63) is 59.8 Å². The number of hydrogen-bond donors (Lipinski definition) is 2. The second-order valence-corrected chi connectivity index (χ2v) is 7.80. The van der Waals surface area contributed by atoms with Crippen molar-refractivity contribution < 1.29 is 13.2 Å². The first kappa shape index (κ1) is 14.7. The summed E-state index contributed by atoms with van der Waals surface area (Å²) in [5.41, 5.74) is 3.66. The van der Waals surface area contributed by atoms with Crippen LogP contribution in [0.1, 0.15) is 11.1 Å². The molecule has 5 nitrogen and oxygen atoms in total. The molecule has 6 heteroatoms. The SMILES string of the molecule is CS(=O)(=O)c1ccc2c(c1)NC(=O)C2=Cc1c[nH]c2ccccc12. The summed E-state index contributed by atoms with van der Waals surface area (Å²) in [6.07, 6.45) is 4.82. The van der Waals surface area contributed by atoms with Crippen LogP contribution in [0, 0.1) is 0 Å². The van der Waals surface area contributed by atoms with E-state index >= 15 is 0 Å². The van der Waals surface area contributed by atoms with Gasteiger partial charge in [0.15, 0.2) is 9.84 Å². The van der Waals surface area contributed by atoms with Gasteiger partial charge in [-0.15, -0.1) is 0 Å². The fourth-order valence-electron chi connectivity index (χ4n) is 2.92. The summed E-state index contributed by atoms with van der Waals surface area (Å²) >= 11 is 0. The second-order valence-electron chi connectivity index (χ2n) is 5.78. The Morgan fingerprint density at radius 2 is 1.88 bits per heavy atom. The van der Waals surface area contributed by atoms with Crippen molar-refractivity contribution in [3.8, 4) is 0 Å². The molecule has 0 bridgehead atoms. The van der Waals surface area contributed by atoms with Crippen molar-refractivity contribution >= 4 is 44.0 Å². The summed E-state index contributed by atoms with van der Waals surface area (Å²) in [6.45, 7) is 0. The molecule has 0 saturated carbocycles. The molecular weight excluding hydrogens is 324 g/mol. The van der Waals surface area contributed by atoms with Gasteiger partial charge in [0.25, 0.3) is 5.91 Å². The highest BCUT2D eigenvalue weighted by atomic mass is 32.2. The molecule has 1 aliphatic heterocycles. The monoisotopic (exact) mass is 338 g/mol. The Kier molecular flexibility index (Phi) is 3.11. The molecule has 24 heavy (non-hydrogen) atoms. The number of aromatic nitrogens is 1. The van der Waals surface area contributed by atoms with Crippen LogP contribution >= 0.6 is 0 Å². The van der Waals surface area contributed by atoms with Crippen molar-refractivity contribution in [1.82, 2.24) is 4.98 Å². The van der Waals surface area contributed by atoms with Gasteiger partial charge in [0.2, 0.25) is 0 Å². The molecule has 0 fully saturated rings. The van der Waals surface area contributed by atoms with Crippen molar-refractivity contribution in [2.75, 3.05) is 11.6 Å². The van der Waals surface area contributed by atoms with Gasteiger partial charge < -0.3 is 10.3 Å². The van der Waals surface area contributed by atoms with E-state index in [9.17, 15) is 13.2 Å². The molecule has 2 heterocycles. The van der Waals surface area contributed by atoms with Crippen LogP contribution in [0.25, 0.3) is 22.6 Å². The van der Waals surface area contributed by atoms with Crippen molar-refractivity contribution in [1.29, 1.82) is 0 Å². The van der Waals surface area contributed by atoms with Crippen LogP contribution in [0.15, 0.2) is 53.6 Å². The van der Waals surface area contributed by atoms with Crippen LogP contribution in [-0.4, -0.2) is 25.6 Å². The number of fused-ring (bicyclic) bond motifs is 2. The number of carbonyl (C=O) groups is 1. The summed E-state index contributed by atoms with van der Waals surface area (Å²) in [6, 6.07) is 12.5. The number of sulfone groups is 1. The highest BCUT2D eigenvalue weighted by Crippen LogP contribution is 2.35. The molecule has 2 N–H and O–H groups in total. The third kappa shape index (κ3) is 2.32. The molecular formula is C18H14N2O3S. The lowest BCUT2D eigenvalue weighted by molar-refractivity contribution is -0.110. The molecule has 3 aromatic rings. The van der Waals surface area contributed by atoms with Gasteiger partial charge in [-0.3, -0.25) is 4.79 Å². The van der Waals surface area contributed by atoms with Crippen molar-refractivity contribution in [2.45, 2.75) is 4.90 Å². The number of carbonyl (C=O) groups excluding carboxylic acids is 1. The third-order valence-electron chi connectivity index (χ3n) is 4.12. The van der Waals surface area contributed by atoms with Crippen LogP contribution in [0.2, 0.25) is 0 Å². The van der Waals surface area contributed by atoms with Gasteiger partial charge in [-0.1, -0.05) is 24.3 Å². The number of benzene rings is 2. The van der Waals surface area contributed by atoms with Crippen LogP contribution in [0.3, 0.4) is 0 Å². The molecule has 2 aromatic carbocycles. The number of aromatic amines is 1. The van der Waals surface area contributed by atoms with Gasteiger partial charge in [-0.2, -0.15) is 0 Å². The lowest BCUT2D eigenvalue weighted by Gasteiger charge is -2.02. The lowest BCUT2D eigenvalue weighted by atomic mass is 10.0. The molecule has 120 valence electrons. The Morgan fingerprint density at radius 3 is 2.67 bits per heavy atom. The number of hydrogen-bond acceptors (Lipinski definition) is 3. The Morgan fingerprint density at radius 1 is 1.08 bits per heavy atom. The smallest absolute Gasteiger partial charge is 0.256 e. The quantitative estimate of drug-likeness (QED) is 0.705. The summed E-state index contributed by atoms with van der Waals surface area (Å²) in [5, 5.41) is 3.77. The minimum absolute atomic E-state index is 0.190. The van der Waals surface area contributed by atoms with E-state index in [0.717, 1.165) is 22.7 Å². The molecule has 1 aliphatic rings. The molecule has 4 rings (SSSR count). The maximum atomic E-state index is 12.3. The zero-order valence-corrected chi connectivity index (χ0v) is 13.6. The van der Waals surface area contributed by atoms with E-state index in [0.29, 0.717) is 16.8 Å². The average molecular weight is 338 g/mol. The van der Waals surface area contributed by atoms with Gasteiger partial charge in [-0.25, -0.2) is 8.42 Å². The first-order chi connectivity index (χ1) is 11.4. The van der Waals surface area contributed by atoms with Crippen LogP contribution in [0.4, 0.5) is 5.69 Å². The molecule has 1 aromatic heterocycles. The van der Waals surface area contributed by atoms with Gasteiger partial charge in [0.05, 0.1) is 10.6 Å². The summed E-state index contributed by atoms with van der Waals surface area (Å²) in [7, 11) is -3.31. The van der Waals surface area contributed by atoms with Crippen LogP contribution in [0.5, 0.6) is 0 Å². The van der Waals surface area contributed by atoms with Crippen LogP contribution < -0.4 is 5.32 Å². The number of anilines is 1. The standard InChI is InChI=1S/C18H14N2O3S/c1-24(22,23)12-6-7-14-15(18(21)20-17(14)9-12)8-11-10-19-16-5-3-2-4-13(11)16/h2-10,19H,1H3,(H,20,21). The maximum Gasteiger partial charge on any atom is 0.256 e. The fourth-order valence-corrected chi connectivity index (χ4v) is 3.56. The number of para-hydroxylation sites is 1. The first-order valence-electron chi connectivity index (χ1n) is 7.37. The first-order valence-corrected chi connectivity index (χ1v) is 9.26. The third-order valence-corrected chi connectivity index (χ3v) is 5.23. The van der Waals surface area contributed by atoms with Crippen LogP contribution in [-0.2, 0) is 14.6 Å². The largest absolute Gasteiger partial charge is 0.361 e. The number of amides is 1. The summed E-state index contributed by atoms with van der Waals surface area (Å²) in [4.78, 5) is 15.7. The van der Waals surface area contributed by atoms with E-state index in [1.165, 1.54) is 12.1 Å². The van der Waals surface area contributed by atoms with Crippen molar-refractivity contribution in [3.63, 3.8) is 0 Å². The Hall–Kier alpha value is -2.86. The molecule has 1 amide bonds. The minimum atomic E-state index is -3.31. The Bertz CT molecular complexity index is 1120. The van der Waals surface area contributed by atoms with Gasteiger partial charge in [-0.05, 0) is 24.3 Å². The van der Waals surface area contributed by atoms with E-state index in [-0.39, 0.29) is 10.8 Å². The molecule has 0 spiro atoms. The lowest BCUT2D eigenvalue weighted by Crippen LogP contribution is -2.04. The second kappa shape index (κ2) is 5.07. The normalized spacial score (nSPS) is 15.7. The molecule has 0 aliphatic carbocycles. The van der Waals surface area contributed by atoms with E-state index in [4.69, 9.17) is 0 Å². The van der Waals surface area contributed by atoms with Crippen molar-refractivity contribution in [2.24, 2.45) is 0 Å². The summed E-state index contributed by atoms with van der Waals surface area (Å²) in [5.74, 6) is -0.235. The average Bonchev–Trinajstić information content (AvgIpc) is 3.08. The topological polar surface area (TPSA) is 79.0 Å². The van der Waals surface area contributed by atoms with E-state index in [1.54, 1.807) is 6.07 Å². The number of H-pyrrole nitrogens is 1. The predicted octanol–water partition coefficient (Wildman–Crippen LogP) is 3.06. The van der Waals surface area contributed by atoms with Gasteiger partial charge >= 0.3 is 0 Å².